The van der Waals surface area contributed by atoms with Crippen molar-refractivity contribution >= 4 is 17.8 Å². The summed E-state index contributed by atoms with van der Waals surface area (Å²) in [5.74, 6) is -0.0885. The first-order chi connectivity index (χ1) is 15.9. The van der Waals surface area contributed by atoms with Crippen molar-refractivity contribution in [3.8, 4) is 5.75 Å². The van der Waals surface area contributed by atoms with Crippen LogP contribution < -0.4 is 15.8 Å². The number of fused-ring (bicyclic) bond motifs is 1. The van der Waals surface area contributed by atoms with E-state index in [9.17, 15) is 14.0 Å². The van der Waals surface area contributed by atoms with Crippen molar-refractivity contribution in [3.63, 3.8) is 0 Å². The number of carbonyl (C=O) groups excluding carboxylic acids is 2. The molecule has 8 nitrogen and oxygen atoms in total. The van der Waals surface area contributed by atoms with Gasteiger partial charge in [0.15, 0.2) is 5.96 Å². The van der Waals surface area contributed by atoms with Crippen LogP contribution in [-0.4, -0.2) is 53.6 Å². The molecule has 0 bridgehead atoms. The van der Waals surface area contributed by atoms with Crippen LogP contribution in [0, 0.1) is 17.7 Å². The van der Waals surface area contributed by atoms with Crippen LogP contribution in [-0.2, 0) is 14.3 Å². The molecule has 1 unspecified atom stereocenters. The van der Waals surface area contributed by atoms with E-state index in [4.69, 9.17) is 15.2 Å². The average molecular weight is 475 g/mol. The number of carbonyl (C=O) groups is 2. The normalized spacial score (nSPS) is 27.8. The minimum absolute atomic E-state index is 0.0473. The van der Waals surface area contributed by atoms with Crippen molar-refractivity contribution < 1.29 is 23.5 Å². The van der Waals surface area contributed by atoms with Gasteiger partial charge < -0.3 is 20.5 Å². The van der Waals surface area contributed by atoms with Crippen LogP contribution in [0.15, 0.2) is 23.2 Å². The zero-order valence-corrected chi connectivity index (χ0v) is 20.6. The molecule has 3 aliphatic rings. The van der Waals surface area contributed by atoms with Crippen LogP contribution in [0.3, 0.4) is 0 Å². The number of rotatable bonds is 7. The number of halogens is 1. The third-order valence-corrected chi connectivity index (χ3v) is 6.88. The molecule has 9 heteroatoms. The number of methoxy groups -OCH3 is 1. The molecular weight excluding hydrogens is 439 g/mol. The third-order valence-electron chi connectivity index (χ3n) is 6.88. The van der Waals surface area contributed by atoms with E-state index in [2.05, 4.69) is 10.3 Å². The van der Waals surface area contributed by atoms with E-state index in [1.807, 2.05) is 27.7 Å². The standard InChI is InChI=1S/C25H35FN4O4/c1-24(2)13-21(31)30(23(27)29-24)19(8-9-33-5)15-11-16(15)22(32)28-18-12-25(3,4)34-20-7-6-14(26)10-17(18)20/h6-7,10,15-16,18-19H,8-9,11-13H2,1-5H3,(H2,27,29)(H,28,32)/t15?,16-,18-,19-/m1/s1. The number of guanidine groups is 1. The largest absolute Gasteiger partial charge is 0.487 e. The smallest absolute Gasteiger partial charge is 0.231 e. The topological polar surface area (TPSA) is 106 Å². The summed E-state index contributed by atoms with van der Waals surface area (Å²) in [5, 5.41) is 3.12. The van der Waals surface area contributed by atoms with Gasteiger partial charge in [0.1, 0.15) is 17.2 Å². The molecule has 0 radical (unpaired) electrons. The molecule has 34 heavy (non-hydrogen) atoms. The van der Waals surface area contributed by atoms with Crippen LogP contribution >= 0.6 is 0 Å². The number of hydrogen-bond acceptors (Lipinski definition) is 6. The van der Waals surface area contributed by atoms with Gasteiger partial charge in [0, 0.05) is 37.7 Å². The SMILES string of the molecule is COCC[C@H](C1C[C@H]1C(=O)N[C@@H]1CC(C)(C)Oc2ccc(F)cc21)N1C(=O)CC(C)(C)N=C1N. The summed E-state index contributed by atoms with van der Waals surface area (Å²) >= 11 is 0. The lowest BCUT2D eigenvalue weighted by Crippen LogP contribution is -2.55. The van der Waals surface area contributed by atoms with Crippen LogP contribution in [0.2, 0.25) is 0 Å². The summed E-state index contributed by atoms with van der Waals surface area (Å²) < 4.78 is 25.2. The second kappa shape index (κ2) is 8.83. The Hall–Kier alpha value is -2.68. The van der Waals surface area contributed by atoms with Gasteiger partial charge in [-0.1, -0.05) is 0 Å². The Balaban J connectivity index is 1.51. The lowest BCUT2D eigenvalue weighted by molar-refractivity contribution is -0.132. The van der Waals surface area contributed by atoms with Gasteiger partial charge in [0.2, 0.25) is 11.8 Å². The molecule has 2 aliphatic heterocycles. The fourth-order valence-corrected chi connectivity index (χ4v) is 5.29. The zero-order chi connectivity index (χ0) is 24.8. The van der Waals surface area contributed by atoms with Crippen molar-refractivity contribution in [3.05, 3.63) is 29.6 Å². The van der Waals surface area contributed by atoms with Gasteiger partial charge in [-0.05, 0) is 64.7 Å². The second-order valence-electron chi connectivity index (χ2n) is 10.9. The molecule has 3 N–H and O–H groups in total. The molecule has 1 aromatic carbocycles. The van der Waals surface area contributed by atoms with E-state index in [0.29, 0.717) is 37.2 Å². The Labute approximate surface area is 200 Å². The highest BCUT2D eigenvalue weighted by atomic mass is 19.1. The van der Waals surface area contributed by atoms with Crippen LogP contribution in [0.25, 0.3) is 0 Å². The highest BCUT2D eigenvalue weighted by Gasteiger charge is 2.52. The summed E-state index contributed by atoms with van der Waals surface area (Å²) in [6, 6.07) is 3.77. The minimum Gasteiger partial charge on any atom is -0.487 e. The zero-order valence-electron chi connectivity index (χ0n) is 20.6. The molecule has 1 aromatic rings. The van der Waals surface area contributed by atoms with E-state index in [0.717, 1.165) is 0 Å². The molecule has 4 rings (SSSR count). The lowest BCUT2D eigenvalue weighted by Gasteiger charge is -2.38. The minimum atomic E-state index is -0.539. The molecule has 0 saturated heterocycles. The number of amides is 2. The van der Waals surface area contributed by atoms with Crippen LogP contribution in [0.1, 0.15) is 65.0 Å². The van der Waals surface area contributed by atoms with Gasteiger partial charge in [-0.2, -0.15) is 0 Å². The van der Waals surface area contributed by atoms with Crippen LogP contribution in [0.4, 0.5) is 4.39 Å². The van der Waals surface area contributed by atoms with Crippen LogP contribution in [0.5, 0.6) is 5.75 Å². The number of aliphatic imine (C=N–C) groups is 1. The van der Waals surface area contributed by atoms with Gasteiger partial charge >= 0.3 is 0 Å². The fraction of sp³-hybridized carbons (Fsp3) is 0.640. The van der Waals surface area contributed by atoms with E-state index in [1.165, 1.54) is 12.1 Å². The number of nitrogens with two attached hydrogens (primary N) is 1. The molecule has 1 aliphatic carbocycles. The Bertz CT molecular complexity index is 1010. The fourth-order valence-electron chi connectivity index (χ4n) is 5.29. The Morgan fingerprint density at radius 2 is 2.12 bits per heavy atom. The van der Waals surface area contributed by atoms with Crippen molar-refractivity contribution in [2.24, 2.45) is 22.6 Å². The number of benzene rings is 1. The summed E-state index contributed by atoms with van der Waals surface area (Å²) in [6.45, 7) is 8.09. The summed E-state index contributed by atoms with van der Waals surface area (Å²) in [7, 11) is 1.61. The molecule has 186 valence electrons. The molecule has 0 aromatic heterocycles. The maximum absolute atomic E-state index is 13.9. The van der Waals surface area contributed by atoms with Gasteiger partial charge in [-0.3, -0.25) is 14.5 Å². The molecule has 1 fully saturated rings. The molecule has 0 spiro atoms. The van der Waals surface area contributed by atoms with Gasteiger partial charge in [0.25, 0.3) is 0 Å². The van der Waals surface area contributed by atoms with Crippen molar-refractivity contribution in [2.45, 2.75) is 76.6 Å². The van der Waals surface area contributed by atoms with Crippen molar-refractivity contribution in [2.75, 3.05) is 13.7 Å². The first-order valence-corrected chi connectivity index (χ1v) is 11.9. The maximum atomic E-state index is 13.9. The predicted octanol–water partition coefficient (Wildman–Crippen LogP) is 2.91. The molecule has 1 saturated carbocycles. The number of nitrogens with zero attached hydrogens (tertiary/aromatic N) is 2. The first-order valence-electron chi connectivity index (χ1n) is 11.9. The molecule has 2 amide bonds. The number of hydrogen-bond donors (Lipinski definition) is 2. The highest BCUT2D eigenvalue weighted by Crippen LogP contribution is 2.47. The Morgan fingerprint density at radius 1 is 1.38 bits per heavy atom. The van der Waals surface area contributed by atoms with Gasteiger partial charge in [-0.15, -0.1) is 0 Å². The maximum Gasteiger partial charge on any atom is 0.231 e. The van der Waals surface area contributed by atoms with Crippen molar-refractivity contribution in [1.29, 1.82) is 0 Å². The monoisotopic (exact) mass is 474 g/mol. The van der Waals surface area contributed by atoms with Gasteiger partial charge in [0.05, 0.1) is 18.0 Å². The second-order valence-corrected chi connectivity index (χ2v) is 10.9. The van der Waals surface area contributed by atoms with Gasteiger partial charge in [-0.25, -0.2) is 9.38 Å². The molecular formula is C25H35FN4O4. The quantitative estimate of drug-likeness (QED) is 0.632. The predicted molar refractivity (Wildman–Crippen MR) is 126 cm³/mol. The summed E-state index contributed by atoms with van der Waals surface area (Å²) in [6.07, 6.45) is 1.99. The number of ether oxygens (including phenoxy) is 2. The van der Waals surface area contributed by atoms with E-state index < -0.39 is 11.1 Å². The van der Waals surface area contributed by atoms with E-state index in [1.54, 1.807) is 18.1 Å². The summed E-state index contributed by atoms with van der Waals surface area (Å²) in [4.78, 5) is 32.3. The van der Waals surface area contributed by atoms with E-state index in [-0.39, 0.29) is 53.9 Å². The molecule has 4 atom stereocenters. The van der Waals surface area contributed by atoms with Crippen molar-refractivity contribution in [1.82, 2.24) is 10.2 Å². The first kappa shape index (κ1) is 24.4. The summed E-state index contributed by atoms with van der Waals surface area (Å²) in [5.41, 5.74) is 5.82. The molecule has 2 heterocycles. The number of nitrogens with one attached hydrogen (secondary N) is 1. The highest BCUT2D eigenvalue weighted by molar-refractivity contribution is 5.99. The third kappa shape index (κ3) is 5.04. The lowest BCUT2D eigenvalue weighted by atomic mass is 9.89. The average Bonchev–Trinajstić information content (AvgIpc) is 3.50. The Morgan fingerprint density at radius 3 is 2.79 bits per heavy atom. The Kier molecular flexibility index (Phi) is 6.35. The van der Waals surface area contributed by atoms with E-state index >= 15 is 0 Å².